The zero-order valence-corrected chi connectivity index (χ0v) is 14.4. The topological polar surface area (TPSA) is 64.6 Å². The zero-order chi connectivity index (χ0) is 17.0. The predicted octanol–water partition coefficient (Wildman–Crippen LogP) is 3.48. The van der Waals surface area contributed by atoms with Gasteiger partial charge in [-0.2, -0.15) is 0 Å². The van der Waals surface area contributed by atoms with Gasteiger partial charge < -0.3 is 14.8 Å². The van der Waals surface area contributed by atoms with Gasteiger partial charge in [0, 0.05) is 4.88 Å². The Labute approximate surface area is 139 Å². The first-order valence-corrected chi connectivity index (χ1v) is 7.91. The van der Waals surface area contributed by atoms with E-state index in [2.05, 4.69) is 5.32 Å². The van der Waals surface area contributed by atoms with Crippen molar-refractivity contribution in [2.75, 3.05) is 19.0 Å². The number of hydrogen-bond acceptors (Lipinski definition) is 5. The number of rotatable bonds is 5. The number of benzene rings is 1. The van der Waals surface area contributed by atoms with Crippen LogP contribution in [0.4, 0.5) is 5.00 Å². The highest BCUT2D eigenvalue weighted by Crippen LogP contribution is 2.28. The normalized spacial score (nSPS) is 10.3. The maximum atomic E-state index is 12.1. The van der Waals surface area contributed by atoms with E-state index >= 15 is 0 Å². The summed E-state index contributed by atoms with van der Waals surface area (Å²) in [5.41, 5.74) is 2.46. The van der Waals surface area contributed by atoms with Gasteiger partial charge in [0.15, 0.2) is 6.61 Å². The predicted molar refractivity (Wildman–Crippen MR) is 90.4 cm³/mol. The highest BCUT2D eigenvalue weighted by atomic mass is 32.1. The van der Waals surface area contributed by atoms with Crippen molar-refractivity contribution in [1.82, 2.24) is 0 Å². The maximum Gasteiger partial charge on any atom is 0.340 e. The molecule has 122 valence electrons. The van der Waals surface area contributed by atoms with Gasteiger partial charge in [0.25, 0.3) is 5.91 Å². The minimum absolute atomic E-state index is 0.123. The van der Waals surface area contributed by atoms with E-state index in [0.29, 0.717) is 16.3 Å². The average Bonchev–Trinajstić information content (AvgIpc) is 2.88. The van der Waals surface area contributed by atoms with Gasteiger partial charge >= 0.3 is 5.97 Å². The van der Waals surface area contributed by atoms with Gasteiger partial charge in [0.2, 0.25) is 0 Å². The molecule has 0 spiro atoms. The van der Waals surface area contributed by atoms with Crippen molar-refractivity contribution in [3.63, 3.8) is 0 Å². The molecule has 1 aromatic carbocycles. The molecule has 0 saturated carbocycles. The first-order valence-electron chi connectivity index (χ1n) is 7.10. The van der Waals surface area contributed by atoms with Crippen LogP contribution in [0.15, 0.2) is 24.3 Å². The number of anilines is 1. The first-order chi connectivity index (χ1) is 10.9. The lowest BCUT2D eigenvalue weighted by molar-refractivity contribution is -0.118. The van der Waals surface area contributed by atoms with Gasteiger partial charge in [-0.25, -0.2) is 4.79 Å². The molecule has 0 atom stereocenters. The van der Waals surface area contributed by atoms with E-state index in [9.17, 15) is 9.59 Å². The number of esters is 1. The number of hydrogen-bond donors (Lipinski definition) is 1. The van der Waals surface area contributed by atoms with Crippen LogP contribution in [0.2, 0.25) is 0 Å². The van der Waals surface area contributed by atoms with Crippen LogP contribution in [-0.2, 0) is 9.53 Å². The van der Waals surface area contributed by atoms with Crippen molar-refractivity contribution < 1.29 is 19.1 Å². The molecule has 0 fully saturated rings. The van der Waals surface area contributed by atoms with Crippen LogP contribution in [0.5, 0.6) is 5.75 Å². The molecule has 23 heavy (non-hydrogen) atoms. The molecule has 0 aliphatic carbocycles. The fourth-order valence-electron chi connectivity index (χ4n) is 2.06. The third-order valence-electron chi connectivity index (χ3n) is 3.43. The van der Waals surface area contributed by atoms with Crippen LogP contribution in [0, 0.1) is 20.8 Å². The number of ether oxygens (including phenoxy) is 2. The van der Waals surface area contributed by atoms with Crippen LogP contribution >= 0.6 is 11.3 Å². The summed E-state index contributed by atoms with van der Waals surface area (Å²) in [5, 5.41) is 3.18. The molecule has 1 N–H and O–H groups in total. The van der Waals surface area contributed by atoms with Gasteiger partial charge in [-0.05, 0) is 44.0 Å². The number of thiophene rings is 1. The van der Waals surface area contributed by atoms with E-state index in [1.54, 1.807) is 6.07 Å². The second kappa shape index (κ2) is 7.28. The molecule has 0 bridgehead atoms. The maximum absolute atomic E-state index is 12.1. The van der Waals surface area contributed by atoms with E-state index in [0.717, 1.165) is 16.0 Å². The second-order valence-electron chi connectivity index (χ2n) is 5.13. The van der Waals surface area contributed by atoms with Crippen molar-refractivity contribution in [3.05, 3.63) is 45.8 Å². The molecular formula is C17H19NO4S. The molecule has 2 rings (SSSR count). The molecule has 0 aliphatic heterocycles. The summed E-state index contributed by atoms with van der Waals surface area (Å²) in [6.45, 7) is 5.67. The monoisotopic (exact) mass is 333 g/mol. The van der Waals surface area contributed by atoms with Gasteiger partial charge in [-0.1, -0.05) is 12.1 Å². The zero-order valence-electron chi connectivity index (χ0n) is 13.6. The lowest BCUT2D eigenvalue weighted by Crippen LogP contribution is -2.21. The molecule has 5 nitrogen and oxygen atoms in total. The van der Waals surface area contributed by atoms with Crippen molar-refractivity contribution >= 4 is 28.2 Å². The third kappa shape index (κ3) is 4.10. The van der Waals surface area contributed by atoms with E-state index in [-0.39, 0.29) is 12.5 Å². The lowest BCUT2D eigenvalue weighted by Gasteiger charge is -2.11. The Morgan fingerprint density at radius 3 is 2.65 bits per heavy atom. The summed E-state index contributed by atoms with van der Waals surface area (Å²) in [4.78, 5) is 24.7. The fourth-order valence-corrected chi connectivity index (χ4v) is 2.97. The van der Waals surface area contributed by atoms with Crippen LogP contribution in [0.25, 0.3) is 0 Å². The van der Waals surface area contributed by atoms with Gasteiger partial charge in [0.05, 0.1) is 12.7 Å². The summed E-state index contributed by atoms with van der Waals surface area (Å²) < 4.78 is 10.3. The highest BCUT2D eigenvalue weighted by Gasteiger charge is 2.17. The Kier molecular flexibility index (Phi) is 5.39. The van der Waals surface area contributed by atoms with Gasteiger partial charge in [-0.3, -0.25) is 4.79 Å². The number of amides is 1. The molecular weight excluding hydrogens is 314 g/mol. The summed E-state index contributed by atoms with van der Waals surface area (Å²) in [6.07, 6.45) is 0. The molecule has 1 heterocycles. The lowest BCUT2D eigenvalue weighted by atomic mass is 10.1. The minimum Gasteiger partial charge on any atom is -0.483 e. The number of aryl methyl sites for hydroxylation is 2. The fraction of sp³-hybridized carbons (Fsp3) is 0.294. The number of carbonyl (C=O) groups is 2. The molecule has 1 aromatic heterocycles. The highest BCUT2D eigenvalue weighted by molar-refractivity contribution is 7.16. The molecule has 2 aromatic rings. The quantitative estimate of drug-likeness (QED) is 0.851. The largest absolute Gasteiger partial charge is 0.483 e. The average molecular weight is 333 g/mol. The van der Waals surface area contributed by atoms with E-state index in [1.165, 1.54) is 18.4 Å². The number of carbonyl (C=O) groups excluding carboxylic acids is 2. The Morgan fingerprint density at radius 1 is 1.22 bits per heavy atom. The van der Waals surface area contributed by atoms with Crippen LogP contribution < -0.4 is 10.1 Å². The van der Waals surface area contributed by atoms with Crippen LogP contribution in [-0.4, -0.2) is 25.6 Å². The van der Waals surface area contributed by atoms with Crippen molar-refractivity contribution in [3.8, 4) is 5.75 Å². The molecule has 0 unspecified atom stereocenters. The Hall–Kier alpha value is -2.34. The molecule has 0 saturated heterocycles. The Balaban J connectivity index is 2.03. The van der Waals surface area contributed by atoms with E-state index in [4.69, 9.17) is 9.47 Å². The van der Waals surface area contributed by atoms with Crippen LogP contribution in [0.3, 0.4) is 0 Å². The summed E-state index contributed by atoms with van der Waals surface area (Å²) >= 11 is 1.33. The van der Waals surface area contributed by atoms with Crippen LogP contribution in [0.1, 0.15) is 26.4 Å². The SMILES string of the molecule is COC(=O)c1cc(C)sc1NC(=O)COc1cccc(C)c1C. The van der Waals surface area contributed by atoms with Gasteiger partial charge in [0.1, 0.15) is 10.8 Å². The molecule has 6 heteroatoms. The summed E-state index contributed by atoms with van der Waals surface area (Å²) in [5.74, 6) is -0.117. The summed E-state index contributed by atoms with van der Waals surface area (Å²) in [7, 11) is 1.31. The molecule has 1 amide bonds. The number of nitrogens with one attached hydrogen (secondary N) is 1. The number of methoxy groups -OCH3 is 1. The molecule has 0 radical (unpaired) electrons. The Morgan fingerprint density at radius 2 is 1.96 bits per heavy atom. The van der Waals surface area contributed by atoms with Crippen molar-refractivity contribution in [2.45, 2.75) is 20.8 Å². The van der Waals surface area contributed by atoms with Crippen molar-refractivity contribution in [2.24, 2.45) is 0 Å². The molecule has 0 aliphatic rings. The first kappa shape index (κ1) is 17.0. The third-order valence-corrected chi connectivity index (χ3v) is 4.39. The Bertz CT molecular complexity index is 736. The second-order valence-corrected chi connectivity index (χ2v) is 6.38. The summed E-state index contributed by atoms with van der Waals surface area (Å²) in [6, 6.07) is 7.38. The van der Waals surface area contributed by atoms with Gasteiger partial charge in [-0.15, -0.1) is 11.3 Å². The van der Waals surface area contributed by atoms with E-state index in [1.807, 2.05) is 39.0 Å². The van der Waals surface area contributed by atoms with E-state index < -0.39 is 5.97 Å². The standard InChI is InChI=1S/C17H19NO4S/c1-10-6-5-7-14(12(10)3)22-9-15(19)18-16-13(17(20)21-4)8-11(2)23-16/h5-8H,9H2,1-4H3,(H,18,19). The smallest absolute Gasteiger partial charge is 0.340 e. The van der Waals surface area contributed by atoms with Crippen molar-refractivity contribution in [1.29, 1.82) is 0 Å². The minimum atomic E-state index is -0.472.